The van der Waals surface area contributed by atoms with Gasteiger partial charge in [0.25, 0.3) is 0 Å². The van der Waals surface area contributed by atoms with Crippen LogP contribution >= 0.6 is 0 Å². The summed E-state index contributed by atoms with van der Waals surface area (Å²) in [5.41, 5.74) is 0. The number of rotatable bonds is 7. The monoisotopic (exact) mass is 404 g/mol. The molecule has 0 unspecified atom stereocenters. The fourth-order valence-electron chi connectivity index (χ4n) is 2.42. The van der Waals surface area contributed by atoms with Crippen molar-refractivity contribution in [3.63, 3.8) is 0 Å². The van der Waals surface area contributed by atoms with Gasteiger partial charge in [0.15, 0.2) is 0 Å². The molecule has 0 atom stereocenters. The Morgan fingerprint density at radius 3 is 1.94 bits per heavy atom. The summed E-state index contributed by atoms with van der Waals surface area (Å²) in [6.45, 7) is 1.23. The first kappa shape index (κ1) is 15.3. The molecule has 0 radical (unpaired) electrons. The SMILES string of the molecule is C[N](C)[Hf]([N](C)C)[N](C)CCCC1C=CC=C1. The molecule has 3 nitrogen and oxygen atoms in total. The van der Waals surface area contributed by atoms with Crippen LogP contribution < -0.4 is 0 Å². The molecule has 1 rings (SSSR count). The van der Waals surface area contributed by atoms with E-state index in [0.717, 1.165) is 0 Å². The van der Waals surface area contributed by atoms with Crippen molar-refractivity contribution < 1.29 is 22.3 Å². The van der Waals surface area contributed by atoms with Crippen LogP contribution in [0.15, 0.2) is 24.3 Å². The molecule has 0 amide bonds. The van der Waals surface area contributed by atoms with Gasteiger partial charge in [-0.3, -0.25) is 0 Å². The molecule has 0 saturated heterocycles. The molecule has 0 aromatic rings. The summed E-state index contributed by atoms with van der Waals surface area (Å²) in [4.78, 5) is 0. The zero-order valence-corrected chi connectivity index (χ0v) is 15.4. The van der Waals surface area contributed by atoms with Crippen LogP contribution in [0, 0.1) is 5.92 Å². The van der Waals surface area contributed by atoms with Gasteiger partial charge in [-0.2, -0.15) is 0 Å². The standard InChI is InChI=1S/C9H14N.2C2H6N.Hf/c1-10-8-4-7-9-5-2-3-6-9;2*1-3-2;/h2-3,5-6,9H,4,7-8H2,1H3;2*1-2H3;/q3*-1;+3. The topological polar surface area (TPSA) is 9.72 Å². The Balaban J connectivity index is 2.29. The second kappa shape index (κ2) is 7.62. The number of allylic oxidation sites excluding steroid dienone is 4. The predicted molar refractivity (Wildman–Crippen MR) is 71.0 cm³/mol. The summed E-state index contributed by atoms with van der Waals surface area (Å²) in [5.74, 6) is 0.691. The van der Waals surface area contributed by atoms with Crippen molar-refractivity contribution in [3.8, 4) is 0 Å². The van der Waals surface area contributed by atoms with Crippen LogP contribution in [-0.2, 0) is 22.3 Å². The van der Waals surface area contributed by atoms with Gasteiger partial charge < -0.3 is 0 Å². The average Bonchev–Trinajstić information content (AvgIpc) is 2.69. The third-order valence-corrected chi connectivity index (χ3v) is 12.0. The van der Waals surface area contributed by atoms with Crippen molar-refractivity contribution in [2.24, 2.45) is 5.92 Å². The van der Waals surface area contributed by atoms with E-state index in [1.165, 1.54) is 19.4 Å². The number of hydrogen-bond acceptors (Lipinski definition) is 3. The van der Waals surface area contributed by atoms with Gasteiger partial charge in [-0.15, -0.1) is 0 Å². The Kier molecular flexibility index (Phi) is 6.85. The van der Waals surface area contributed by atoms with Crippen LogP contribution in [0.25, 0.3) is 0 Å². The second-order valence-corrected chi connectivity index (χ2v) is 16.4. The quantitative estimate of drug-likeness (QED) is 0.602. The van der Waals surface area contributed by atoms with Gasteiger partial charge in [0.05, 0.1) is 0 Å². The summed E-state index contributed by atoms with van der Waals surface area (Å²) in [5, 5.41) is 0. The van der Waals surface area contributed by atoms with E-state index in [0.29, 0.717) is 5.92 Å². The van der Waals surface area contributed by atoms with E-state index in [4.69, 9.17) is 0 Å². The Bertz CT molecular complexity index is 254. The van der Waals surface area contributed by atoms with Crippen molar-refractivity contribution in [1.82, 2.24) is 8.66 Å². The molecule has 0 fully saturated rings. The summed E-state index contributed by atoms with van der Waals surface area (Å²) >= 11 is -1.85. The van der Waals surface area contributed by atoms with Crippen LogP contribution in [0.3, 0.4) is 0 Å². The van der Waals surface area contributed by atoms with Crippen LogP contribution in [0.1, 0.15) is 12.8 Å². The van der Waals surface area contributed by atoms with Gasteiger partial charge >= 0.3 is 116 Å². The third kappa shape index (κ3) is 5.16. The first-order chi connectivity index (χ1) is 8.02. The fourth-order valence-corrected chi connectivity index (χ4v) is 11.5. The molecule has 0 heterocycles. The molecular formula is C13H26HfN3. The van der Waals surface area contributed by atoms with Crippen molar-refractivity contribution in [2.45, 2.75) is 12.8 Å². The summed E-state index contributed by atoms with van der Waals surface area (Å²) in [7, 11) is 11.2. The molecule has 0 bridgehead atoms. The predicted octanol–water partition coefficient (Wildman–Crippen LogP) is 1.93. The van der Waals surface area contributed by atoms with Crippen molar-refractivity contribution >= 4 is 0 Å². The van der Waals surface area contributed by atoms with Crippen LogP contribution in [0.2, 0.25) is 0 Å². The molecule has 1 aliphatic rings. The van der Waals surface area contributed by atoms with Gasteiger partial charge in [0, 0.05) is 0 Å². The van der Waals surface area contributed by atoms with Gasteiger partial charge in [0.2, 0.25) is 0 Å². The second-order valence-electron chi connectivity index (χ2n) is 5.09. The fraction of sp³-hybridized carbons (Fsp3) is 0.692. The molecule has 17 heavy (non-hydrogen) atoms. The first-order valence-electron chi connectivity index (χ1n) is 6.30. The maximum atomic E-state index is 2.62. The van der Waals surface area contributed by atoms with Crippen LogP contribution in [0.5, 0.6) is 0 Å². The van der Waals surface area contributed by atoms with E-state index in [9.17, 15) is 0 Å². The molecule has 0 aromatic carbocycles. The van der Waals surface area contributed by atoms with Gasteiger partial charge in [-0.25, -0.2) is 0 Å². The Labute approximate surface area is 115 Å². The third-order valence-electron chi connectivity index (χ3n) is 3.00. The number of hydrogen-bond donors (Lipinski definition) is 0. The molecule has 0 aromatic heterocycles. The molecule has 0 N–H and O–H groups in total. The Hall–Kier alpha value is 0.230. The molecule has 4 heteroatoms. The molecule has 0 spiro atoms. The van der Waals surface area contributed by atoms with Crippen molar-refractivity contribution in [3.05, 3.63) is 24.3 Å². The van der Waals surface area contributed by atoms with Crippen LogP contribution in [0.4, 0.5) is 0 Å². The summed E-state index contributed by atoms with van der Waals surface area (Å²) in [6, 6.07) is 0. The van der Waals surface area contributed by atoms with E-state index in [1.54, 1.807) is 0 Å². The molecule has 97 valence electrons. The molecule has 0 aliphatic heterocycles. The Morgan fingerprint density at radius 1 is 0.941 bits per heavy atom. The van der Waals surface area contributed by atoms with Gasteiger partial charge in [-0.1, -0.05) is 0 Å². The van der Waals surface area contributed by atoms with E-state index < -0.39 is 22.3 Å². The maximum absolute atomic E-state index is 2.62. The minimum absolute atomic E-state index is 0.691. The Morgan fingerprint density at radius 2 is 1.47 bits per heavy atom. The van der Waals surface area contributed by atoms with Gasteiger partial charge in [-0.05, 0) is 0 Å². The molecule has 0 saturated carbocycles. The first-order valence-corrected chi connectivity index (χ1v) is 11.1. The van der Waals surface area contributed by atoms with E-state index in [1.807, 2.05) is 0 Å². The summed E-state index contributed by atoms with van der Waals surface area (Å²) in [6.07, 6.45) is 11.5. The van der Waals surface area contributed by atoms with Crippen LogP contribution in [-0.4, -0.2) is 50.4 Å². The normalized spacial score (nSPS) is 15.8. The van der Waals surface area contributed by atoms with E-state index in [-0.39, 0.29) is 0 Å². The van der Waals surface area contributed by atoms with Gasteiger partial charge in [0.1, 0.15) is 0 Å². The van der Waals surface area contributed by atoms with E-state index >= 15 is 0 Å². The van der Waals surface area contributed by atoms with Crippen molar-refractivity contribution in [2.75, 3.05) is 41.8 Å². The van der Waals surface area contributed by atoms with Crippen molar-refractivity contribution in [1.29, 1.82) is 0 Å². The average molecular weight is 403 g/mol. The minimum atomic E-state index is -1.85. The summed E-state index contributed by atoms with van der Waals surface area (Å²) < 4.78 is 7.53. The zero-order valence-electron chi connectivity index (χ0n) is 11.8. The molecule has 1 aliphatic carbocycles. The zero-order chi connectivity index (χ0) is 12.8. The number of nitrogens with zero attached hydrogens (tertiary/aromatic N) is 3. The van der Waals surface area contributed by atoms with E-state index in [2.05, 4.69) is 68.2 Å². The molecular weight excluding hydrogens is 377 g/mol.